The number of hydrogen-bond donors (Lipinski definition) is 4. The molecule has 0 radical (unpaired) electrons. The minimum Gasteiger partial charge on any atom is -0.497 e. The van der Waals surface area contributed by atoms with Gasteiger partial charge in [0.25, 0.3) is 0 Å². The minimum absolute atomic E-state index is 0.0566. The molecule has 2 heterocycles. The van der Waals surface area contributed by atoms with Crippen molar-refractivity contribution in [2.75, 3.05) is 20.3 Å². The molecule has 12 nitrogen and oxygen atoms in total. The van der Waals surface area contributed by atoms with Crippen molar-refractivity contribution < 1.29 is 66.5 Å². The van der Waals surface area contributed by atoms with Crippen molar-refractivity contribution in [3.8, 4) is 11.6 Å². The fourth-order valence-electron chi connectivity index (χ4n) is 4.00. The van der Waals surface area contributed by atoms with E-state index >= 15 is 0 Å². The largest absolute Gasteiger partial charge is 0.508 e. The maximum absolute atomic E-state index is 14.7. The number of carbonyl (C=O) groups is 1. The standard InChI is InChI=1S/C24H30F4N2O10/c1-5-37-22(34)38-10-16-17(31)18(32)20(33)24(35,39-16)40-21-14(8-12-6-7-13(36-4)9-15(12)25)19(23(26,27)28)30(29-21)11(2)3/h6-7,9,11,16-18,20,31-33,35H,5,8,10H2,1-4H3/t16-,17-,18+,20-,24+/m1/s1. The number of carbonyl (C=O) groups excluding carboxylic acids is 1. The quantitative estimate of drug-likeness (QED) is 0.194. The average molecular weight is 583 g/mol. The monoisotopic (exact) mass is 582 g/mol. The highest BCUT2D eigenvalue weighted by atomic mass is 19.4. The summed E-state index contributed by atoms with van der Waals surface area (Å²) in [5, 5.41) is 45.8. The zero-order valence-electron chi connectivity index (χ0n) is 21.9. The topological polar surface area (TPSA) is 162 Å². The summed E-state index contributed by atoms with van der Waals surface area (Å²) in [5.74, 6) is -5.00. The molecule has 0 aliphatic carbocycles. The lowest BCUT2D eigenvalue weighted by Gasteiger charge is -2.44. The highest BCUT2D eigenvalue weighted by molar-refractivity contribution is 5.59. The minimum atomic E-state index is -5.03. The van der Waals surface area contributed by atoms with Gasteiger partial charge in [0.15, 0.2) is 6.10 Å². The Morgan fingerprint density at radius 2 is 1.88 bits per heavy atom. The van der Waals surface area contributed by atoms with Crippen LogP contribution in [0.4, 0.5) is 22.4 Å². The number of nitrogens with zero attached hydrogens (tertiary/aromatic N) is 2. The number of methoxy groups -OCH3 is 1. The highest BCUT2D eigenvalue weighted by Gasteiger charge is 2.56. The second-order valence-electron chi connectivity index (χ2n) is 9.11. The first-order valence-electron chi connectivity index (χ1n) is 12.1. The van der Waals surface area contributed by atoms with E-state index in [9.17, 15) is 42.8 Å². The lowest BCUT2D eigenvalue weighted by Crippen LogP contribution is -2.67. The van der Waals surface area contributed by atoms with Crippen LogP contribution in [0.3, 0.4) is 0 Å². The number of benzene rings is 1. The van der Waals surface area contributed by atoms with E-state index in [4.69, 9.17) is 18.9 Å². The maximum atomic E-state index is 14.7. The molecule has 0 unspecified atom stereocenters. The number of rotatable bonds is 9. The third-order valence-corrected chi connectivity index (χ3v) is 5.98. The first-order chi connectivity index (χ1) is 18.6. The van der Waals surface area contributed by atoms with Gasteiger partial charge in [0.05, 0.1) is 19.3 Å². The molecule has 2 aromatic rings. The lowest BCUT2D eigenvalue weighted by molar-refractivity contribution is -0.423. The molecule has 224 valence electrons. The zero-order chi connectivity index (χ0) is 30.0. The predicted octanol–water partition coefficient (Wildman–Crippen LogP) is 1.90. The summed E-state index contributed by atoms with van der Waals surface area (Å²) in [4.78, 5) is 11.5. The Kier molecular flexibility index (Phi) is 9.51. The van der Waals surface area contributed by atoms with Crippen LogP contribution in [-0.2, 0) is 26.8 Å². The van der Waals surface area contributed by atoms with E-state index in [0.717, 1.165) is 6.07 Å². The molecular weight excluding hydrogens is 552 g/mol. The van der Waals surface area contributed by atoms with Gasteiger partial charge < -0.3 is 44.1 Å². The summed E-state index contributed by atoms with van der Waals surface area (Å²) in [6, 6.07) is 2.57. The lowest BCUT2D eigenvalue weighted by atomic mass is 9.97. The van der Waals surface area contributed by atoms with Crippen LogP contribution in [0.25, 0.3) is 0 Å². The van der Waals surface area contributed by atoms with Crippen LogP contribution in [0, 0.1) is 5.82 Å². The molecule has 5 atom stereocenters. The summed E-state index contributed by atoms with van der Waals surface area (Å²) >= 11 is 0. The molecule has 40 heavy (non-hydrogen) atoms. The molecule has 1 aliphatic heterocycles. The van der Waals surface area contributed by atoms with Crippen molar-refractivity contribution >= 4 is 6.16 Å². The van der Waals surface area contributed by atoms with Crippen LogP contribution in [-0.4, -0.2) is 87.1 Å². The Hall–Kier alpha value is -3.18. The Labute approximate surface area is 225 Å². The molecule has 3 rings (SSSR count). The number of alkyl halides is 3. The molecule has 1 saturated heterocycles. The van der Waals surface area contributed by atoms with E-state index in [0.29, 0.717) is 4.68 Å². The molecule has 0 bridgehead atoms. The molecule has 1 fully saturated rings. The summed E-state index contributed by atoms with van der Waals surface area (Å²) in [5.41, 5.74) is -2.27. The second-order valence-corrected chi connectivity index (χ2v) is 9.11. The van der Waals surface area contributed by atoms with E-state index in [1.165, 1.54) is 40.0 Å². The van der Waals surface area contributed by atoms with Crippen molar-refractivity contribution in [1.82, 2.24) is 9.78 Å². The van der Waals surface area contributed by atoms with Crippen LogP contribution in [0.2, 0.25) is 0 Å². The zero-order valence-corrected chi connectivity index (χ0v) is 21.9. The predicted molar refractivity (Wildman–Crippen MR) is 125 cm³/mol. The van der Waals surface area contributed by atoms with Gasteiger partial charge in [0, 0.05) is 18.5 Å². The molecular formula is C24H30F4N2O10. The first kappa shape index (κ1) is 31.3. The Morgan fingerprint density at radius 1 is 1.20 bits per heavy atom. The molecule has 4 N–H and O–H groups in total. The van der Waals surface area contributed by atoms with Gasteiger partial charge in [-0.1, -0.05) is 6.07 Å². The molecule has 1 aromatic heterocycles. The number of aliphatic hydroxyl groups is 4. The molecule has 1 aliphatic rings. The van der Waals surface area contributed by atoms with Gasteiger partial charge >= 0.3 is 18.3 Å². The Balaban J connectivity index is 2.05. The van der Waals surface area contributed by atoms with Crippen LogP contribution in [0.1, 0.15) is 43.6 Å². The van der Waals surface area contributed by atoms with Crippen molar-refractivity contribution in [3.63, 3.8) is 0 Å². The SMILES string of the molecule is CCOC(=O)OC[C@H]1O[C@](O)(Oc2nn(C(C)C)c(C(F)(F)F)c2Cc2ccc(OC)cc2F)[C@H](O)[C@@H](O)[C@@H]1O. The van der Waals surface area contributed by atoms with Gasteiger partial charge in [-0.25, -0.2) is 9.18 Å². The summed E-state index contributed by atoms with van der Waals surface area (Å²) < 4.78 is 82.7. The van der Waals surface area contributed by atoms with Crippen molar-refractivity contribution in [3.05, 3.63) is 40.8 Å². The molecule has 0 saturated carbocycles. The van der Waals surface area contributed by atoms with E-state index in [1.807, 2.05) is 0 Å². The fourth-order valence-corrected chi connectivity index (χ4v) is 4.00. The summed E-state index contributed by atoms with van der Waals surface area (Å²) in [6.45, 7) is 3.38. The number of halogens is 4. The third kappa shape index (κ3) is 6.58. The van der Waals surface area contributed by atoms with Gasteiger partial charge in [0.2, 0.25) is 5.88 Å². The number of aromatic nitrogens is 2. The van der Waals surface area contributed by atoms with E-state index < -0.39 is 84.7 Å². The van der Waals surface area contributed by atoms with Gasteiger partial charge in [-0.2, -0.15) is 13.2 Å². The average Bonchev–Trinajstić information content (AvgIpc) is 3.24. The van der Waals surface area contributed by atoms with Crippen molar-refractivity contribution in [2.45, 2.75) is 69.8 Å². The van der Waals surface area contributed by atoms with E-state index in [2.05, 4.69) is 9.84 Å². The molecule has 0 amide bonds. The van der Waals surface area contributed by atoms with Crippen molar-refractivity contribution in [2.24, 2.45) is 0 Å². The van der Waals surface area contributed by atoms with Gasteiger partial charge in [-0.15, -0.1) is 5.10 Å². The smallest absolute Gasteiger partial charge is 0.497 e. The van der Waals surface area contributed by atoms with Crippen LogP contribution >= 0.6 is 0 Å². The Bertz CT molecular complexity index is 1190. The highest BCUT2D eigenvalue weighted by Crippen LogP contribution is 2.41. The van der Waals surface area contributed by atoms with Crippen LogP contribution < -0.4 is 9.47 Å². The second kappa shape index (κ2) is 12.1. The summed E-state index contributed by atoms with van der Waals surface area (Å²) in [6.07, 6.45) is -15.2. The fraction of sp³-hybridized carbons (Fsp3) is 0.583. The van der Waals surface area contributed by atoms with Crippen molar-refractivity contribution in [1.29, 1.82) is 0 Å². The van der Waals surface area contributed by atoms with Gasteiger partial charge in [-0.05, 0) is 32.4 Å². The summed E-state index contributed by atoms with van der Waals surface area (Å²) in [7, 11) is 1.28. The normalized spacial score (nSPS) is 25.1. The number of aliphatic hydroxyl groups excluding tert-OH is 3. The molecule has 0 spiro atoms. The maximum Gasteiger partial charge on any atom is 0.508 e. The first-order valence-corrected chi connectivity index (χ1v) is 12.1. The van der Waals surface area contributed by atoms with Gasteiger partial charge in [0.1, 0.15) is 42.2 Å². The third-order valence-electron chi connectivity index (χ3n) is 5.98. The van der Waals surface area contributed by atoms with E-state index in [-0.39, 0.29) is 17.9 Å². The molecule has 1 aromatic carbocycles. The van der Waals surface area contributed by atoms with E-state index in [1.54, 1.807) is 0 Å². The molecule has 16 heteroatoms. The number of ether oxygens (including phenoxy) is 5. The number of hydrogen-bond acceptors (Lipinski definition) is 11. The van der Waals surface area contributed by atoms with Gasteiger partial charge in [-0.3, -0.25) is 4.68 Å². The Morgan fingerprint density at radius 3 is 2.42 bits per heavy atom. The van der Waals surface area contributed by atoms with Crippen LogP contribution in [0.5, 0.6) is 11.6 Å². The van der Waals surface area contributed by atoms with Crippen LogP contribution in [0.15, 0.2) is 18.2 Å².